The molecule has 1 saturated heterocycles. The lowest BCUT2D eigenvalue weighted by Crippen LogP contribution is -2.40. The van der Waals surface area contributed by atoms with Gasteiger partial charge < -0.3 is 14.5 Å². The van der Waals surface area contributed by atoms with Crippen molar-refractivity contribution in [2.45, 2.75) is 18.8 Å². The number of para-hydroxylation sites is 1. The Labute approximate surface area is 187 Å². The van der Waals surface area contributed by atoms with Crippen molar-refractivity contribution in [1.82, 2.24) is 14.9 Å². The van der Waals surface area contributed by atoms with Crippen molar-refractivity contribution in [2.75, 3.05) is 38.7 Å². The number of amides is 1. The van der Waals surface area contributed by atoms with Gasteiger partial charge in [0, 0.05) is 50.4 Å². The van der Waals surface area contributed by atoms with E-state index in [1.807, 2.05) is 60.3 Å². The van der Waals surface area contributed by atoms with Crippen LogP contribution in [0.4, 0.5) is 10.3 Å². The largest absolute Gasteiger partial charge is 0.484 e. The molecule has 0 spiro atoms. The third-order valence-electron chi connectivity index (χ3n) is 5.71. The molecule has 7 heteroatoms. The fourth-order valence-electron chi connectivity index (χ4n) is 3.95. The Morgan fingerprint density at radius 1 is 1.06 bits per heavy atom. The Morgan fingerprint density at radius 3 is 2.44 bits per heavy atom. The quantitative estimate of drug-likeness (QED) is 0.584. The maximum absolute atomic E-state index is 14.5. The van der Waals surface area contributed by atoms with Crippen LogP contribution in [0.3, 0.4) is 0 Å². The highest BCUT2D eigenvalue weighted by atomic mass is 19.1. The molecule has 2 aromatic carbocycles. The molecule has 1 aliphatic rings. The van der Waals surface area contributed by atoms with Crippen molar-refractivity contribution in [1.29, 1.82) is 0 Å². The predicted octanol–water partition coefficient (Wildman–Crippen LogP) is 4.13. The van der Waals surface area contributed by atoms with Crippen molar-refractivity contribution < 1.29 is 13.9 Å². The van der Waals surface area contributed by atoms with E-state index >= 15 is 0 Å². The molecule has 3 aromatic rings. The first-order valence-electron chi connectivity index (χ1n) is 10.8. The minimum absolute atomic E-state index is 0.0213. The summed E-state index contributed by atoms with van der Waals surface area (Å²) in [6, 6.07) is 16.0. The number of carbonyl (C=O) groups is 1. The highest BCUT2D eigenvalue weighted by molar-refractivity contribution is 5.78. The molecule has 0 radical (unpaired) electrons. The Kier molecular flexibility index (Phi) is 6.63. The van der Waals surface area contributed by atoms with Crippen molar-refractivity contribution >= 4 is 11.9 Å². The van der Waals surface area contributed by atoms with Crippen LogP contribution in [0, 0.1) is 5.82 Å². The van der Waals surface area contributed by atoms with Gasteiger partial charge in [-0.1, -0.05) is 36.4 Å². The molecule has 32 heavy (non-hydrogen) atoms. The highest BCUT2D eigenvalue weighted by Gasteiger charge is 2.28. The molecule has 0 saturated carbocycles. The Morgan fingerprint density at radius 2 is 1.75 bits per heavy atom. The fourth-order valence-corrected chi connectivity index (χ4v) is 3.95. The van der Waals surface area contributed by atoms with Gasteiger partial charge in [-0.25, -0.2) is 14.4 Å². The number of ether oxygens (including phenoxy) is 1. The van der Waals surface area contributed by atoms with Gasteiger partial charge in [-0.3, -0.25) is 4.79 Å². The molecule has 0 atom stereocenters. The van der Waals surface area contributed by atoms with Crippen LogP contribution in [0.1, 0.15) is 24.5 Å². The Balaban J connectivity index is 1.48. The maximum Gasteiger partial charge on any atom is 0.260 e. The van der Waals surface area contributed by atoms with Crippen LogP contribution >= 0.6 is 0 Å². The van der Waals surface area contributed by atoms with Crippen molar-refractivity contribution in [3.8, 4) is 16.9 Å². The molecule has 1 fully saturated rings. The summed E-state index contributed by atoms with van der Waals surface area (Å²) in [7, 11) is 3.77. The number of aromatic nitrogens is 2. The zero-order valence-corrected chi connectivity index (χ0v) is 18.4. The number of piperidine rings is 1. The zero-order chi connectivity index (χ0) is 22.5. The van der Waals surface area contributed by atoms with Gasteiger partial charge in [-0.2, -0.15) is 0 Å². The molecule has 2 heterocycles. The molecule has 4 rings (SSSR count). The van der Waals surface area contributed by atoms with Gasteiger partial charge in [0.25, 0.3) is 5.91 Å². The van der Waals surface area contributed by atoms with E-state index in [1.165, 1.54) is 6.07 Å². The second-order valence-corrected chi connectivity index (χ2v) is 8.10. The van der Waals surface area contributed by atoms with Gasteiger partial charge in [-0.05, 0) is 31.0 Å². The fraction of sp³-hybridized carbons (Fsp3) is 0.320. The third kappa shape index (κ3) is 4.88. The van der Waals surface area contributed by atoms with Crippen LogP contribution in [0.25, 0.3) is 11.1 Å². The summed E-state index contributed by atoms with van der Waals surface area (Å²) >= 11 is 0. The minimum atomic E-state index is -0.291. The van der Waals surface area contributed by atoms with Gasteiger partial charge in [0.15, 0.2) is 6.61 Å². The third-order valence-corrected chi connectivity index (χ3v) is 5.71. The van der Waals surface area contributed by atoms with Crippen LogP contribution in [0.15, 0.2) is 60.8 Å². The smallest absolute Gasteiger partial charge is 0.260 e. The van der Waals surface area contributed by atoms with Crippen LogP contribution in [-0.4, -0.2) is 54.6 Å². The highest BCUT2D eigenvalue weighted by Crippen LogP contribution is 2.35. The molecule has 1 aliphatic heterocycles. The second-order valence-electron chi connectivity index (χ2n) is 8.10. The summed E-state index contributed by atoms with van der Waals surface area (Å²) < 4.78 is 20.1. The maximum atomic E-state index is 14.5. The SMILES string of the molecule is CN(C)c1ncc(-c2ccccc2F)c(C2CCN(C(=O)COc3ccccc3)CC2)n1. The first-order chi connectivity index (χ1) is 15.5. The van der Waals surface area contributed by atoms with Crippen LogP contribution in [0.2, 0.25) is 0 Å². The minimum Gasteiger partial charge on any atom is -0.484 e. The van der Waals surface area contributed by atoms with E-state index < -0.39 is 0 Å². The summed E-state index contributed by atoms with van der Waals surface area (Å²) in [5.74, 6) is 1.07. The molecular formula is C25H27FN4O2. The van der Waals surface area contributed by atoms with E-state index in [9.17, 15) is 9.18 Å². The van der Waals surface area contributed by atoms with E-state index in [4.69, 9.17) is 9.72 Å². The van der Waals surface area contributed by atoms with E-state index in [0.29, 0.717) is 35.9 Å². The molecule has 0 unspecified atom stereocenters. The van der Waals surface area contributed by atoms with Gasteiger partial charge in [0.2, 0.25) is 5.95 Å². The number of halogens is 1. The zero-order valence-electron chi connectivity index (χ0n) is 18.4. The lowest BCUT2D eigenvalue weighted by Gasteiger charge is -2.32. The molecule has 6 nitrogen and oxygen atoms in total. The first kappa shape index (κ1) is 21.7. The van der Waals surface area contributed by atoms with Crippen molar-refractivity contribution in [3.63, 3.8) is 0 Å². The lowest BCUT2D eigenvalue weighted by molar-refractivity contribution is -0.134. The number of likely N-dealkylation sites (tertiary alicyclic amines) is 1. The lowest BCUT2D eigenvalue weighted by atomic mass is 9.88. The van der Waals surface area contributed by atoms with Crippen LogP contribution in [0.5, 0.6) is 5.75 Å². The monoisotopic (exact) mass is 434 g/mol. The average molecular weight is 435 g/mol. The van der Waals surface area contributed by atoms with Gasteiger partial charge in [-0.15, -0.1) is 0 Å². The average Bonchev–Trinajstić information content (AvgIpc) is 2.83. The number of anilines is 1. The number of benzene rings is 2. The molecular weight excluding hydrogens is 407 g/mol. The number of rotatable bonds is 6. The summed E-state index contributed by atoms with van der Waals surface area (Å²) in [5, 5.41) is 0. The van der Waals surface area contributed by atoms with Gasteiger partial charge in [0.05, 0.1) is 5.69 Å². The number of hydrogen-bond donors (Lipinski definition) is 0. The Hall–Kier alpha value is -3.48. The van der Waals surface area contributed by atoms with E-state index in [0.717, 1.165) is 18.5 Å². The summed E-state index contributed by atoms with van der Waals surface area (Å²) in [4.78, 5) is 25.5. The van der Waals surface area contributed by atoms with Gasteiger partial charge >= 0.3 is 0 Å². The van der Waals surface area contributed by atoms with Crippen molar-refractivity contribution in [3.05, 3.63) is 72.3 Å². The molecule has 1 amide bonds. The summed E-state index contributed by atoms with van der Waals surface area (Å²) in [5.41, 5.74) is 2.05. The standard InChI is InChI=1S/C25H27FN4O2/c1-29(2)25-27-16-21(20-10-6-7-11-22(20)26)24(28-25)18-12-14-30(15-13-18)23(31)17-32-19-8-4-3-5-9-19/h3-11,16,18H,12-15,17H2,1-2H3. The van der Waals surface area contributed by atoms with E-state index in [1.54, 1.807) is 18.3 Å². The number of carbonyl (C=O) groups excluding carboxylic acids is 1. The molecule has 0 aliphatic carbocycles. The van der Waals surface area contributed by atoms with E-state index in [-0.39, 0.29) is 24.2 Å². The topological polar surface area (TPSA) is 58.6 Å². The van der Waals surface area contributed by atoms with E-state index in [2.05, 4.69) is 4.98 Å². The summed E-state index contributed by atoms with van der Waals surface area (Å²) in [6.07, 6.45) is 3.21. The summed E-state index contributed by atoms with van der Waals surface area (Å²) in [6.45, 7) is 1.24. The van der Waals surface area contributed by atoms with Crippen molar-refractivity contribution in [2.24, 2.45) is 0 Å². The molecule has 166 valence electrons. The van der Waals surface area contributed by atoms with Crippen LogP contribution in [-0.2, 0) is 4.79 Å². The second kappa shape index (κ2) is 9.77. The van der Waals surface area contributed by atoms with Gasteiger partial charge in [0.1, 0.15) is 11.6 Å². The molecule has 1 aromatic heterocycles. The Bertz CT molecular complexity index is 1070. The normalized spacial score (nSPS) is 14.3. The number of nitrogens with zero attached hydrogens (tertiary/aromatic N) is 4. The predicted molar refractivity (Wildman–Crippen MR) is 122 cm³/mol. The molecule has 0 N–H and O–H groups in total. The van der Waals surface area contributed by atoms with Crippen LogP contribution < -0.4 is 9.64 Å². The molecule has 0 bridgehead atoms. The number of hydrogen-bond acceptors (Lipinski definition) is 5. The first-order valence-corrected chi connectivity index (χ1v) is 10.8.